The van der Waals surface area contributed by atoms with E-state index in [4.69, 9.17) is 18.8 Å². The van der Waals surface area contributed by atoms with Gasteiger partial charge in [-0.25, -0.2) is 0 Å². The van der Waals surface area contributed by atoms with Crippen molar-refractivity contribution in [2.24, 2.45) is 0 Å². The first-order chi connectivity index (χ1) is 27.6. The number of aliphatic hydroxyl groups is 3. The first kappa shape index (κ1) is 48.2. The zero-order valence-corrected chi connectivity index (χ0v) is 32.7. The van der Waals surface area contributed by atoms with Crippen molar-refractivity contribution >= 4 is 90.9 Å². The molecule has 3 amide bonds. The molecular weight excluding hydrogens is 770 g/mol. The Hall–Kier alpha value is -5.22. The van der Waals surface area contributed by atoms with Crippen molar-refractivity contribution in [1.82, 2.24) is 0 Å². The maximum Gasteiger partial charge on any atom is 0.521 e. The Morgan fingerprint density at radius 2 is 1.12 bits per heavy atom. The number of hydrogen-bond acceptors (Lipinski definition) is 14. The summed E-state index contributed by atoms with van der Waals surface area (Å²) in [6, 6.07) is 18.8. The van der Waals surface area contributed by atoms with Crippen LogP contribution in [0.25, 0.3) is 0 Å². The van der Waals surface area contributed by atoms with E-state index in [1.54, 1.807) is 6.92 Å². The number of hydrogen-bond donors (Lipinski definition) is 9. The molecule has 0 saturated carbocycles. The van der Waals surface area contributed by atoms with Crippen molar-refractivity contribution in [2.75, 3.05) is 16.0 Å². The minimum atomic E-state index is -1.85. The largest absolute Gasteiger partial charge is 0.521 e. The Balaban J connectivity index is 0.000000518. The zero-order chi connectivity index (χ0) is 42.5. The Bertz CT molecular complexity index is 2110. The molecule has 0 spiro atoms. The molecule has 1 aliphatic heterocycles. The fourth-order valence-corrected chi connectivity index (χ4v) is 5.89. The van der Waals surface area contributed by atoms with Crippen LogP contribution < -0.4 is 37.8 Å². The van der Waals surface area contributed by atoms with Gasteiger partial charge in [0.05, 0.1) is 26.4 Å². The van der Waals surface area contributed by atoms with Crippen LogP contribution in [0.1, 0.15) is 55.5 Å². The zero-order valence-electron chi connectivity index (χ0n) is 32.7. The van der Waals surface area contributed by atoms with E-state index in [-0.39, 0.29) is 61.8 Å². The van der Waals surface area contributed by atoms with Crippen LogP contribution in [0.2, 0.25) is 0 Å². The predicted molar refractivity (Wildman–Crippen MR) is 221 cm³/mol. The second kappa shape index (κ2) is 22.8. The Labute approximate surface area is 341 Å². The molecule has 0 saturated heterocycles. The van der Waals surface area contributed by atoms with E-state index in [1.807, 2.05) is 18.2 Å². The molecule has 11 N–H and O–H groups in total. The van der Waals surface area contributed by atoms with Gasteiger partial charge in [-0.1, -0.05) is 36.4 Å². The molecule has 4 aromatic carbocycles. The lowest BCUT2D eigenvalue weighted by Gasteiger charge is -2.22. The number of rotatable bonds is 16. The molecule has 5 rings (SSSR count). The summed E-state index contributed by atoms with van der Waals surface area (Å²) in [6.07, 6.45) is 0.417. The average Bonchev–Trinajstić information content (AvgIpc) is 3.54. The van der Waals surface area contributed by atoms with Crippen LogP contribution in [0.4, 0.5) is 17.1 Å². The van der Waals surface area contributed by atoms with Crippen molar-refractivity contribution in [3.63, 3.8) is 0 Å². The lowest BCUT2D eigenvalue weighted by Crippen LogP contribution is -2.50. The van der Waals surface area contributed by atoms with Crippen molar-refractivity contribution in [1.29, 1.82) is 0 Å². The highest BCUT2D eigenvalue weighted by atomic mass is 17.2. The molecule has 310 valence electrons. The summed E-state index contributed by atoms with van der Waals surface area (Å²) in [7, 11) is -6.16. The molecule has 0 aliphatic carbocycles. The highest BCUT2D eigenvalue weighted by molar-refractivity contribution is 6.74. The number of fused-ring (bicyclic) bond motifs is 1. The lowest BCUT2D eigenvalue weighted by molar-refractivity contribution is -0.132. The van der Waals surface area contributed by atoms with Crippen molar-refractivity contribution in [3.8, 4) is 0 Å². The third kappa shape index (κ3) is 13.9. The van der Waals surface area contributed by atoms with Gasteiger partial charge in [0, 0.05) is 44.3 Å². The van der Waals surface area contributed by atoms with Gasteiger partial charge in [-0.15, -0.1) is 0 Å². The van der Waals surface area contributed by atoms with E-state index in [9.17, 15) is 49.6 Å². The SMILES string of the molecule is CC(=O)Cc1ccc2c(c1)B(O)OC2.CC(=O)Nc1ccc(CO)c(B(O)OOB(OB(O)c2cc(NC(C)=O)ccc2CO)c2cc(NC(C)=O)ccc2CO)c1.O. The maximum atomic E-state index is 11.7. The van der Waals surface area contributed by atoms with E-state index in [1.165, 1.54) is 75.4 Å². The minimum absolute atomic E-state index is 0. The molecule has 0 radical (unpaired) electrons. The quantitative estimate of drug-likeness (QED) is 0.0326. The normalized spacial score (nSPS) is 11.3. The molecular formula is C37H45B4N3O15. The first-order valence-electron chi connectivity index (χ1n) is 17.9. The van der Waals surface area contributed by atoms with Crippen LogP contribution >= 0.6 is 0 Å². The fraction of sp³-hybridized carbons (Fsp3) is 0.243. The van der Waals surface area contributed by atoms with Crippen LogP contribution in [-0.2, 0) is 70.9 Å². The number of benzene rings is 4. The number of ketones is 1. The number of aliphatic hydroxyl groups excluding tert-OH is 3. The molecule has 4 aromatic rings. The Kier molecular flexibility index (Phi) is 18.6. The Morgan fingerprint density at radius 3 is 1.58 bits per heavy atom. The maximum absolute atomic E-state index is 11.7. The summed E-state index contributed by atoms with van der Waals surface area (Å²) in [5.74, 6) is -1.02. The standard InChI is InChI=1S/C27H32B3N3O11.C10H11BO3.H2O/c1-16(37)31-22-7-4-19(13-34)25(10-22)28(40)42-30(27-12-24(33-18(3)39)9-6-21(27)15-36)44-43-29(41)26-11-23(32-17(2)38)8-5-20(26)14-35;1-7(12)4-8-2-3-9-6-14-11(13)10(9)5-8;/h4-12,34-36,40-41H,13-15H2,1-3H3,(H,31,37)(H,32,38)(H,33,39);2-3,5,13H,4,6H2,1H3;1H2. The number of amides is 3. The lowest BCUT2D eigenvalue weighted by atomic mass is 9.68. The van der Waals surface area contributed by atoms with Gasteiger partial charge in [0.15, 0.2) is 0 Å². The molecule has 1 aliphatic rings. The number of anilines is 3. The summed E-state index contributed by atoms with van der Waals surface area (Å²) < 4.78 is 10.8. The van der Waals surface area contributed by atoms with Gasteiger partial charge in [-0.05, 0) is 93.0 Å². The Morgan fingerprint density at radius 1 is 0.661 bits per heavy atom. The summed E-state index contributed by atoms with van der Waals surface area (Å²) in [5, 5.41) is 68.8. The van der Waals surface area contributed by atoms with E-state index in [0.717, 1.165) is 16.6 Å². The molecule has 0 aromatic heterocycles. The van der Waals surface area contributed by atoms with E-state index in [0.29, 0.717) is 24.4 Å². The molecule has 0 unspecified atom stereocenters. The van der Waals surface area contributed by atoms with E-state index < -0.39 is 54.2 Å². The molecule has 0 bridgehead atoms. The van der Waals surface area contributed by atoms with Crippen LogP contribution in [-0.4, -0.2) is 87.8 Å². The minimum Gasteiger partial charge on any atom is -0.442 e. The van der Waals surface area contributed by atoms with Gasteiger partial charge >= 0.3 is 28.5 Å². The van der Waals surface area contributed by atoms with Gasteiger partial charge in [0.1, 0.15) is 5.78 Å². The second-order valence-electron chi connectivity index (χ2n) is 13.2. The van der Waals surface area contributed by atoms with Crippen molar-refractivity contribution < 1.29 is 73.9 Å². The predicted octanol–water partition coefficient (Wildman–Crippen LogP) is -2.31. The third-order valence-electron chi connectivity index (χ3n) is 8.51. The number of carbonyl (C=O) groups excluding carboxylic acids is 4. The van der Waals surface area contributed by atoms with Crippen molar-refractivity contribution in [2.45, 2.75) is 60.5 Å². The van der Waals surface area contributed by atoms with Crippen LogP contribution in [0.5, 0.6) is 0 Å². The van der Waals surface area contributed by atoms with Crippen molar-refractivity contribution in [3.05, 3.63) is 101 Å². The van der Waals surface area contributed by atoms with E-state index in [2.05, 4.69) is 16.0 Å². The van der Waals surface area contributed by atoms with Gasteiger partial charge in [0.25, 0.3) is 0 Å². The second-order valence-corrected chi connectivity index (χ2v) is 13.2. The van der Waals surface area contributed by atoms with Crippen LogP contribution in [0.3, 0.4) is 0 Å². The highest BCUT2D eigenvalue weighted by Crippen LogP contribution is 2.15. The summed E-state index contributed by atoms with van der Waals surface area (Å²) in [5.41, 5.74) is 4.55. The third-order valence-corrected chi connectivity index (χ3v) is 8.51. The number of carbonyl (C=O) groups is 4. The highest BCUT2D eigenvalue weighted by Gasteiger charge is 2.36. The molecule has 59 heavy (non-hydrogen) atoms. The molecule has 0 fully saturated rings. The summed E-state index contributed by atoms with van der Waals surface area (Å²) in [4.78, 5) is 56.4. The smallest absolute Gasteiger partial charge is 0.442 e. The topological polar surface area (TPSA) is 294 Å². The van der Waals surface area contributed by atoms with Gasteiger partial charge in [0.2, 0.25) is 17.7 Å². The first-order valence-corrected chi connectivity index (χ1v) is 17.9. The molecule has 22 heteroatoms. The monoisotopic (exact) mass is 815 g/mol. The number of nitrogens with one attached hydrogen (secondary N) is 3. The average molecular weight is 815 g/mol. The van der Waals surface area contributed by atoms with Crippen LogP contribution in [0, 0.1) is 0 Å². The molecule has 0 atom stereocenters. The van der Waals surface area contributed by atoms with Gasteiger partial charge < -0.3 is 61.0 Å². The van der Waals surface area contributed by atoms with Gasteiger partial charge in [-0.3, -0.25) is 28.8 Å². The fourth-order valence-electron chi connectivity index (χ4n) is 5.89. The summed E-state index contributed by atoms with van der Waals surface area (Å²) >= 11 is 0. The molecule has 18 nitrogen and oxygen atoms in total. The van der Waals surface area contributed by atoms with E-state index >= 15 is 0 Å². The molecule has 1 heterocycles. The van der Waals surface area contributed by atoms with Crippen LogP contribution in [0.15, 0.2) is 72.8 Å². The van der Waals surface area contributed by atoms with Gasteiger partial charge in [-0.2, -0.15) is 0 Å². The summed E-state index contributed by atoms with van der Waals surface area (Å²) in [6.45, 7) is 4.39. The number of Topliss-reactive ketones (excluding diaryl/α,β-unsaturated/α-hetero) is 1.